The van der Waals surface area contributed by atoms with Crippen LogP contribution in [0.25, 0.3) is 10.6 Å². The summed E-state index contributed by atoms with van der Waals surface area (Å²) in [6, 6.07) is 11.0. The molecular weight excluding hydrogens is 509 g/mol. The third kappa shape index (κ3) is 6.16. The van der Waals surface area contributed by atoms with E-state index in [2.05, 4.69) is 20.6 Å². The second-order valence-electron chi connectivity index (χ2n) is 7.97. The number of alkyl halides is 3. The lowest BCUT2D eigenvalue weighted by molar-refractivity contribution is -0.155. The molecule has 2 aromatic carbocycles. The summed E-state index contributed by atoms with van der Waals surface area (Å²) < 4.78 is 40.8. The van der Waals surface area contributed by atoms with Crippen molar-refractivity contribution in [2.75, 3.05) is 5.32 Å². The summed E-state index contributed by atoms with van der Waals surface area (Å²) >= 11 is 2.80. The van der Waals surface area contributed by atoms with E-state index in [0.717, 1.165) is 21.3 Å². The van der Waals surface area contributed by atoms with Crippen LogP contribution in [-0.4, -0.2) is 28.0 Å². The first kappa shape index (κ1) is 25.5. The Balaban J connectivity index is 1.42. The van der Waals surface area contributed by atoms with Gasteiger partial charge in [0.05, 0.1) is 27.7 Å². The molecule has 36 heavy (non-hydrogen) atoms. The number of rotatable bonds is 7. The molecule has 4 rings (SSSR count). The first-order valence-electron chi connectivity index (χ1n) is 10.8. The zero-order valence-corrected chi connectivity index (χ0v) is 20.9. The molecule has 0 radical (unpaired) electrons. The lowest BCUT2D eigenvalue weighted by Gasteiger charge is -2.22. The molecule has 2 amide bonds. The first-order valence-corrected chi connectivity index (χ1v) is 12.5. The summed E-state index contributed by atoms with van der Waals surface area (Å²) in [5, 5.41) is 7.98. The predicted octanol–water partition coefficient (Wildman–Crippen LogP) is 6.10. The SMILES string of the molecule is Cc1nc(C)c(-c2csc(NC(=O)Cc3cccc(C(=O)N[C@H](c4ccccc4)C(F)(F)F)c3)n2)s1. The van der Waals surface area contributed by atoms with E-state index < -0.39 is 18.1 Å². The second kappa shape index (κ2) is 10.6. The number of aryl methyl sites for hydroxylation is 2. The maximum absolute atomic E-state index is 13.6. The highest BCUT2D eigenvalue weighted by molar-refractivity contribution is 7.16. The van der Waals surface area contributed by atoms with Crippen molar-refractivity contribution in [2.24, 2.45) is 0 Å². The third-order valence-corrected chi connectivity index (χ3v) is 7.03. The van der Waals surface area contributed by atoms with Crippen LogP contribution in [0.15, 0.2) is 60.0 Å². The summed E-state index contributed by atoms with van der Waals surface area (Å²) in [5.41, 5.74) is 2.04. The summed E-state index contributed by atoms with van der Waals surface area (Å²) in [7, 11) is 0. The normalized spacial score (nSPS) is 12.2. The third-order valence-electron chi connectivity index (χ3n) is 5.18. The minimum Gasteiger partial charge on any atom is -0.337 e. The van der Waals surface area contributed by atoms with Gasteiger partial charge in [-0.15, -0.1) is 22.7 Å². The molecule has 0 spiro atoms. The molecule has 1 atom stereocenters. The number of carbonyl (C=O) groups excluding carboxylic acids is 2. The van der Waals surface area contributed by atoms with Crippen LogP contribution >= 0.6 is 22.7 Å². The molecule has 6 nitrogen and oxygen atoms in total. The van der Waals surface area contributed by atoms with Crippen LogP contribution in [0.1, 0.15) is 38.2 Å². The quantitative estimate of drug-likeness (QED) is 0.303. The number of benzene rings is 2. The average molecular weight is 531 g/mol. The van der Waals surface area contributed by atoms with Crippen LogP contribution in [0.4, 0.5) is 18.3 Å². The van der Waals surface area contributed by atoms with Crippen molar-refractivity contribution < 1.29 is 22.8 Å². The van der Waals surface area contributed by atoms with Crippen LogP contribution in [0.2, 0.25) is 0 Å². The Hall–Kier alpha value is -3.57. The fourth-order valence-electron chi connectivity index (χ4n) is 3.59. The minimum absolute atomic E-state index is 0.0260. The van der Waals surface area contributed by atoms with E-state index in [9.17, 15) is 22.8 Å². The number of nitrogens with one attached hydrogen (secondary N) is 2. The highest BCUT2D eigenvalue weighted by Crippen LogP contribution is 2.33. The van der Waals surface area contributed by atoms with Gasteiger partial charge in [-0.05, 0) is 37.1 Å². The number of anilines is 1. The van der Waals surface area contributed by atoms with Crippen LogP contribution in [0.5, 0.6) is 0 Å². The highest BCUT2D eigenvalue weighted by Gasteiger charge is 2.41. The summed E-state index contributed by atoms with van der Waals surface area (Å²) in [4.78, 5) is 35.0. The van der Waals surface area contributed by atoms with Crippen molar-refractivity contribution in [1.29, 1.82) is 0 Å². The zero-order valence-electron chi connectivity index (χ0n) is 19.2. The molecule has 11 heteroatoms. The zero-order chi connectivity index (χ0) is 25.9. The lowest BCUT2D eigenvalue weighted by atomic mass is 10.0. The topological polar surface area (TPSA) is 84.0 Å². The van der Waals surface area contributed by atoms with Crippen LogP contribution in [0.3, 0.4) is 0 Å². The van der Waals surface area contributed by atoms with Gasteiger partial charge < -0.3 is 10.6 Å². The largest absolute Gasteiger partial charge is 0.412 e. The van der Waals surface area contributed by atoms with E-state index >= 15 is 0 Å². The molecule has 2 N–H and O–H groups in total. The number of carbonyl (C=O) groups is 2. The van der Waals surface area contributed by atoms with Crippen LogP contribution in [0, 0.1) is 13.8 Å². The van der Waals surface area contributed by atoms with E-state index in [1.54, 1.807) is 12.1 Å². The Kier molecular flexibility index (Phi) is 7.51. The number of aromatic nitrogens is 2. The molecular formula is C25H21F3N4O2S2. The molecule has 0 aliphatic heterocycles. The molecule has 0 fully saturated rings. The number of nitrogens with zero attached hydrogens (tertiary/aromatic N) is 2. The number of hydrogen-bond donors (Lipinski definition) is 2. The number of thiazole rings is 2. The Morgan fingerprint density at radius 1 is 1.03 bits per heavy atom. The molecule has 0 bridgehead atoms. The summed E-state index contributed by atoms with van der Waals surface area (Å²) in [5.74, 6) is -1.24. The highest BCUT2D eigenvalue weighted by atomic mass is 32.1. The van der Waals surface area contributed by atoms with E-state index in [1.807, 2.05) is 19.2 Å². The standard InChI is InChI=1S/C25H21F3N4O2S2/c1-14-21(36-15(2)29-14)19-13-35-24(30-19)31-20(33)12-16-7-6-10-18(11-16)23(34)32-22(25(26,27)28)17-8-4-3-5-9-17/h3-11,13,22H,12H2,1-2H3,(H,32,34)(H,30,31,33)/t22-/m1/s1. The van der Waals surface area contributed by atoms with Crippen molar-refractivity contribution in [3.05, 3.63) is 87.4 Å². The first-order chi connectivity index (χ1) is 17.1. The van der Waals surface area contributed by atoms with Gasteiger partial charge >= 0.3 is 6.18 Å². The Morgan fingerprint density at radius 2 is 1.78 bits per heavy atom. The van der Waals surface area contributed by atoms with Gasteiger partial charge in [-0.25, -0.2) is 9.97 Å². The smallest absolute Gasteiger partial charge is 0.337 e. The van der Waals surface area contributed by atoms with Gasteiger partial charge in [0.15, 0.2) is 11.2 Å². The van der Waals surface area contributed by atoms with Crippen molar-refractivity contribution in [1.82, 2.24) is 15.3 Å². The molecule has 2 aromatic heterocycles. The Bertz CT molecular complexity index is 1380. The van der Waals surface area contributed by atoms with Crippen molar-refractivity contribution >= 4 is 39.6 Å². The van der Waals surface area contributed by atoms with Gasteiger partial charge in [0.2, 0.25) is 5.91 Å². The molecule has 0 saturated carbocycles. The number of hydrogen-bond acceptors (Lipinski definition) is 6. The van der Waals surface area contributed by atoms with Gasteiger partial charge in [0, 0.05) is 10.9 Å². The van der Waals surface area contributed by atoms with Crippen molar-refractivity contribution in [2.45, 2.75) is 32.5 Å². The minimum atomic E-state index is -4.67. The van der Waals surface area contributed by atoms with Crippen LogP contribution < -0.4 is 10.6 Å². The van der Waals surface area contributed by atoms with Gasteiger partial charge in [0.25, 0.3) is 5.91 Å². The second-order valence-corrected chi connectivity index (χ2v) is 10.0. The Morgan fingerprint density at radius 3 is 2.44 bits per heavy atom. The lowest BCUT2D eigenvalue weighted by Crippen LogP contribution is -2.38. The van der Waals surface area contributed by atoms with Gasteiger partial charge in [-0.2, -0.15) is 13.2 Å². The fourth-order valence-corrected chi connectivity index (χ4v) is 5.26. The van der Waals surface area contributed by atoms with Gasteiger partial charge in [-0.1, -0.05) is 42.5 Å². The maximum Gasteiger partial charge on any atom is 0.412 e. The fraction of sp³-hybridized carbons (Fsp3) is 0.200. The monoisotopic (exact) mass is 530 g/mol. The molecule has 0 unspecified atom stereocenters. The van der Waals surface area contributed by atoms with Crippen molar-refractivity contribution in [3.8, 4) is 10.6 Å². The van der Waals surface area contributed by atoms with Gasteiger partial charge in [-0.3, -0.25) is 9.59 Å². The van der Waals surface area contributed by atoms with E-state index in [4.69, 9.17) is 0 Å². The van der Waals surface area contributed by atoms with Crippen molar-refractivity contribution in [3.63, 3.8) is 0 Å². The molecule has 0 aliphatic carbocycles. The number of amides is 2. The summed E-state index contributed by atoms with van der Waals surface area (Å²) in [6.45, 7) is 3.81. The van der Waals surface area contributed by atoms with Gasteiger partial charge in [0.1, 0.15) is 0 Å². The van der Waals surface area contributed by atoms with E-state index in [0.29, 0.717) is 10.7 Å². The Labute approximate surface area is 213 Å². The molecule has 0 aliphatic rings. The molecule has 186 valence electrons. The van der Waals surface area contributed by atoms with E-state index in [1.165, 1.54) is 65.1 Å². The molecule has 4 aromatic rings. The predicted molar refractivity (Wildman–Crippen MR) is 134 cm³/mol. The average Bonchev–Trinajstić information content (AvgIpc) is 3.42. The molecule has 0 saturated heterocycles. The maximum atomic E-state index is 13.6. The summed E-state index contributed by atoms with van der Waals surface area (Å²) in [6.07, 6.45) is -4.74. The number of halogens is 3. The van der Waals surface area contributed by atoms with E-state index in [-0.39, 0.29) is 23.5 Å². The molecule has 2 heterocycles. The van der Waals surface area contributed by atoms with Crippen LogP contribution in [-0.2, 0) is 11.2 Å².